The fraction of sp³-hybridized carbons (Fsp3) is 0.0400. The van der Waals surface area contributed by atoms with Crippen molar-refractivity contribution in [2.24, 2.45) is 9.98 Å². The van der Waals surface area contributed by atoms with Crippen molar-refractivity contribution in [3.05, 3.63) is 125 Å². The van der Waals surface area contributed by atoms with Gasteiger partial charge in [-0.1, -0.05) is 91.0 Å². The van der Waals surface area contributed by atoms with E-state index in [0.29, 0.717) is 5.69 Å². The van der Waals surface area contributed by atoms with E-state index < -0.39 is 0 Å². The number of aldehydes is 1. The van der Waals surface area contributed by atoms with Gasteiger partial charge in [0.2, 0.25) is 0 Å². The molecular formula is C25H21N3OS. The van der Waals surface area contributed by atoms with Crippen LogP contribution in [-0.2, 0) is 0 Å². The van der Waals surface area contributed by atoms with Gasteiger partial charge in [0.25, 0.3) is 0 Å². The van der Waals surface area contributed by atoms with Crippen LogP contribution in [0.25, 0.3) is 0 Å². The summed E-state index contributed by atoms with van der Waals surface area (Å²) in [5.74, 6) is 0. The van der Waals surface area contributed by atoms with Crippen LogP contribution >= 0.6 is 11.5 Å². The van der Waals surface area contributed by atoms with Gasteiger partial charge in [0.05, 0.1) is 0 Å². The van der Waals surface area contributed by atoms with Crippen molar-refractivity contribution in [2.45, 2.75) is 6.17 Å². The van der Waals surface area contributed by atoms with Crippen LogP contribution in [-0.4, -0.2) is 23.1 Å². The van der Waals surface area contributed by atoms with Gasteiger partial charge in [-0.05, 0) is 34.3 Å². The summed E-state index contributed by atoms with van der Waals surface area (Å²) >= 11 is 1.28. The molecule has 0 amide bonds. The minimum Gasteiger partial charge on any atom is -0.296 e. The Morgan fingerprint density at radius 1 is 0.700 bits per heavy atom. The van der Waals surface area contributed by atoms with Gasteiger partial charge in [0, 0.05) is 17.8 Å². The molecule has 0 fully saturated rings. The monoisotopic (exact) mass is 411 g/mol. The maximum absolute atomic E-state index is 9.81. The lowest BCUT2D eigenvalue weighted by Gasteiger charge is -2.07. The third kappa shape index (κ3) is 7.04. The number of hydrogen-bond acceptors (Lipinski definition) is 5. The number of aliphatic imine (C=N–C) groups is 2. The van der Waals surface area contributed by atoms with E-state index in [1.165, 1.54) is 11.5 Å². The maximum atomic E-state index is 9.81. The largest absolute Gasteiger partial charge is 0.296 e. The molecule has 0 N–H and O–H groups in total. The van der Waals surface area contributed by atoms with Gasteiger partial charge in [0.1, 0.15) is 5.69 Å². The molecule has 0 atom stereocenters. The average Bonchev–Trinajstić information content (AvgIpc) is 3.36. The molecule has 5 heteroatoms. The highest BCUT2D eigenvalue weighted by Crippen LogP contribution is 2.18. The van der Waals surface area contributed by atoms with Crippen molar-refractivity contribution < 1.29 is 4.79 Å². The smallest absolute Gasteiger partial charge is 0.169 e. The van der Waals surface area contributed by atoms with Gasteiger partial charge in [-0.25, -0.2) is 0 Å². The third-order valence-electron chi connectivity index (χ3n) is 4.00. The molecule has 4 aromatic rings. The normalized spacial score (nSPS) is 11.7. The number of nitrogens with zero attached hydrogens (tertiary/aromatic N) is 3. The standard InChI is InChI=1S/C21H18N2.C4H3NOS/c1-4-10-18(11-5-1)16-22-21(20-14-8-3-9-15-20)23-17-19-12-6-2-7-13-19;6-3-4-1-2-7-5-4/h1-17,21H;1-3H. The minimum absolute atomic E-state index is 0.239. The molecule has 4 nitrogen and oxygen atoms in total. The topological polar surface area (TPSA) is 54.7 Å². The summed E-state index contributed by atoms with van der Waals surface area (Å²) in [6.07, 6.45) is 4.24. The zero-order valence-corrected chi connectivity index (χ0v) is 17.1. The van der Waals surface area contributed by atoms with Crippen molar-refractivity contribution in [3.63, 3.8) is 0 Å². The molecule has 0 radical (unpaired) electrons. The Balaban J connectivity index is 0.000000310. The van der Waals surface area contributed by atoms with E-state index in [1.807, 2.05) is 91.3 Å². The van der Waals surface area contributed by atoms with Gasteiger partial charge in [-0.2, -0.15) is 4.37 Å². The Hall–Kier alpha value is -3.70. The predicted molar refractivity (Wildman–Crippen MR) is 125 cm³/mol. The molecular weight excluding hydrogens is 390 g/mol. The molecule has 0 aliphatic rings. The van der Waals surface area contributed by atoms with E-state index in [1.54, 1.807) is 11.4 Å². The molecule has 0 saturated heterocycles. The van der Waals surface area contributed by atoms with E-state index in [4.69, 9.17) is 0 Å². The fourth-order valence-corrected chi connectivity index (χ4v) is 3.00. The molecule has 0 bridgehead atoms. The summed E-state index contributed by atoms with van der Waals surface area (Å²) in [4.78, 5) is 19.1. The molecule has 0 aliphatic heterocycles. The molecule has 0 spiro atoms. The van der Waals surface area contributed by atoms with Crippen LogP contribution in [0.5, 0.6) is 0 Å². The predicted octanol–water partition coefficient (Wildman–Crippen LogP) is 5.88. The molecule has 1 aromatic heterocycles. The van der Waals surface area contributed by atoms with Crippen LogP contribution in [0.4, 0.5) is 0 Å². The van der Waals surface area contributed by atoms with Crippen molar-refractivity contribution in [3.8, 4) is 0 Å². The average molecular weight is 412 g/mol. The van der Waals surface area contributed by atoms with Crippen molar-refractivity contribution in [1.82, 2.24) is 4.37 Å². The van der Waals surface area contributed by atoms with Gasteiger partial charge in [-0.3, -0.25) is 14.8 Å². The minimum atomic E-state index is -0.239. The van der Waals surface area contributed by atoms with E-state index >= 15 is 0 Å². The van der Waals surface area contributed by atoms with Gasteiger partial charge >= 0.3 is 0 Å². The van der Waals surface area contributed by atoms with Gasteiger partial charge in [-0.15, -0.1) is 0 Å². The first-order chi connectivity index (χ1) is 14.8. The first-order valence-corrected chi connectivity index (χ1v) is 10.3. The molecule has 3 aromatic carbocycles. The zero-order chi connectivity index (χ0) is 20.9. The highest BCUT2D eigenvalue weighted by molar-refractivity contribution is 7.03. The lowest BCUT2D eigenvalue weighted by atomic mass is 10.1. The van der Waals surface area contributed by atoms with Crippen molar-refractivity contribution in [1.29, 1.82) is 0 Å². The van der Waals surface area contributed by atoms with E-state index in [0.717, 1.165) is 23.0 Å². The number of carbonyl (C=O) groups is 1. The fourth-order valence-electron chi connectivity index (χ4n) is 2.51. The Kier molecular flexibility index (Phi) is 8.40. The molecule has 0 unspecified atom stereocenters. The lowest BCUT2D eigenvalue weighted by Crippen LogP contribution is -1.94. The Morgan fingerprint density at radius 3 is 1.60 bits per heavy atom. The summed E-state index contributed by atoms with van der Waals surface area (Å²) in [5.41, 5.74) is 3.74. The van der Waals surface area contributed by atoms with Crippen molar-refractivity contribution >= 4 is 30.2 Å². The maximum Gasteiger partial charge on any atom is 0.169 e. The lowest BCUT2D eigenvalue weighted by molar-refractivity contribution is 0.112. The van der Waals surface area contributed by atoms with Crippen LogP contribution in [0.2, 0.25) is 0 Å². The van der Waals surface area contributed by atoms with Gasteiger partial charge < -0.3 is 0 Å². The summed E-state index contributed by atoms with van der Waals surface area (Å²) in [6, 6.07) is 32.0. The highest BCUT2D eigenvalue weighted by atomic mass is 32.1. The Labute approximate surface area is 180 Å². The first kappa shape index (κ1) is 21.0. The second-order valence-electron chi connectivity index (χ2n) is 6.20. The SMILES string of the molecule is C(=NC(N=Cc1ccccc1)c1ccccc1)c1ccccc1.O=Cc1ccsn1. The third-order valence-corrected chi connectivity index (χ3v) is 4.58. The summed E-state index contributed by atoms with van der Waals surface area (Å²) in [5, 5.41) is 1.77. The molecule has 1 heterocycles. The molecule has 148 valence electrons. The Bertz CT molecular complexity index is 998. The van der Waals surface area contributed by atoms with E-state index in [-0.39, 0.29) is 6.17 Å². The summed E-state index contributed by atoms with van der Waals surface area (Å²) in [6.45, 7) is 0. The summed E-state index contributed by atoms with van der Waals surface area (Å²) in [7, 11) is 0. The molecule has 4 rings (SSSR count). The van der Waals surface area contributed by atoms with Crippen LogP contribution in [0, 0.1) is 0 Å². The van der Waals surface area contributed by atoms with Crippen LogP contribution in [0.15, 0.2) is 112 Å². The number of aromatic nitrogens is 1. The van der Waals surface area contributed by atoms with Gasteiger partial charge in [0.15, 0.2) is 12.5 Å². The number of carbonyl (C=O) groups excluding carboxylic acids is 1. The summed E-state index contributed by atoms with van der Waals surface area (Å²) < 4.78 is 3.71. The zero-order valence-electron chi connectivity index (χ0n) is 16.3. The van der Waals surface area contributed by atoms with Crippen LogP contribution < -0.4 is 0 Å². The quantitative estimate of drug-likeness (QED) is 0.294. The van der Waals surface area contributed by atoms with E-state index in [9.17, 15) is 4.79 Å². The van der Waals surface area contributed by atoms with Crippen LogP contribution in [0.3, 0.4) is 0 Å². The molecule has 0 saturated carbocycles. The number of hydrogen-bond donors (Lipinski definition) is 0. The number of benzene rings is 3. The molecule has 30 heavy (non-hydrogen) atoms. The van der Waals surface area contributed by atoms with Crippen LogP contribution in [0.1, 0.15) is 33.3 Å². The second-order valence-corrected chi connectivity index (χ2v) is 6.87. The Morgan fingerprint density at radius 2 is 1.20 bits per heavy atom. The van der Waals surface area contributed by atoms with Crippen molar-refractivity contribution in [2.75, 3.05) is 0 Å². The number of rotatable bonds is 6. The second kappa shape index (κ2) is 12.0. The first-order valence-electron chi connectivity index (χ1n) is 9.42. The highest BCUT2D eigenvalue weighted by Gasteiger charge is 2.05. The van der Waals surface area contributed by atoms with E-state index in [2.05, 4.69) is 26.5 Å². The molecule has 0 aliphatic carbocycles.